The molecule has 174 valence electrons. The summed E-state index contributed by atoms with van der Waals surface area (Å²) in [5.74, 6) is -3.82. The minimum absolute atomic E-state index is 0.0358. The number of imide groups is 1. The van der Waals surface area contributed by atoms with Crippen LogP contribution in [0.15, 0.2) is 66.7 Å². The molecule has 0 aliphatic carbocycles. The number of carbonyl (C=O) groups excluding carboxylic acids is 2. The van der Waals surface area contributed by atoms with Crippen molar-refractivity contribution in [3.8, 4) is 0 Å². The van der Waals surface area contributed by atoms with Crippen molar-refractivity contribution in [1.82, 2.24) is 4.90 Å². The van der Waals surface area contributed by atoms with E-state index >= 15 is 0 Å². The fourth-order valence-corrected chi connectivity index (χ4v) is 4.17. The average molecular weight is 508 g/mol. The largest absolute Gasteiger partial charge is 0.399 e. The van der Waals surface area contributed by atoms with Crippen LogP contribution in [0.4, 0.5) is 17.6 Å². The van der Waals surface area contributed by atoms with Crippen LogP contribution in [-0.2, 0) is 6.54 Å². The fourth-order valence-electron chi connectivity index (χ4n) is 3.67. The number of allylic oxidation sites excluding steroid dienone is 1. The summed E-state index contributed by atoms with van der Waals surface area (Å²) in [5, 5.41) is -0.995. The van der Waals surface area contributed by atoms with Crippen molar-refractivity contribution in [1.29, 1.82) is 0 Å². The Morgan fingerprint density at radius 3 is 1.91 bits per heavy atom. The third-order valence-corrected chi connectivity index (χ3v) is 5.95. The Labute approximate surface area is 202 Å². The van der Waals surface area contributed by atoms with Crippen molar-refractivity contribution < 1.29 is 27.2 Å². The first-order valence-electron chi connectivity index (χ1n) is 10.00. The van der Waals surface area contributed by atoms with Gasteiger partial charge in [0.2, 0.25) is 0 Å². The third kappa shape index (κ3) is 4.72. The molecule has 9 heteroatoms. The summed E-state index contributed by atoms with van der Waals surface area (Å²) < 4.78 is 54.6. The van der Waals surface area contributed by atoms with Gasteiger partial charge in [0.1, 0.15) is 0 Å². The van der Waals surface area contributed by atoms with Crippen LogP contribution in [-0.4, -0.2) is 22.9 Å². The third-order valence-electron chi connectivity index (χ3n) is 5.40. The van der Waals surface area contributed by atoms with E-state index in [1.54, 1.807) is 48.5 Å². The zero-order valence-electron chi connectivity index (χ0n) is 17.2. The van der Waals surface area contributed by atoms with Crippen molar-refractivity contribution >= 4 is 41.1 Å². The molecular formula is C25H15Cl2F4NO2. The maximum Gasteiger partial charge on any atom is 0.399 e. The van der Waals surface area contributed by atoms with Gasteiger partial charge in [-0.15, -0.1) is 0 Å². The number of alkyl halides is 3. The Morgan fingerprint density at radius 2 is 1.41 bits per heavy atom. The van der Waals surface area contributed by atoms with Crippen LogP contribution in [0.3, 0.4) is 0 Å². The van der Waals surface area contributed by atoms with E-state index in [0.29, 0.717) is 22.3 Å². The Morgan fingerprint density at radius 1 is 0.882 bits per heavy atom. The molecule has 4 rings (SSSR count). The van der Waals surface area contributed by atoms with Gasteiger partial charge in [-0.2, -0.15) is 13.2 Å². The molecule has 1 atom stereocenters. The van der Waals surface area contributed by atoms with Gasteiger partial charge in [-0.25, -0.2) is 4.39 Å². The second-order valence-corrected chi connectivity index (χ2v) is 8.47. The highest BCUT2D eigenvalue weighted by Crippen LogP contribution is 2.39. The molecule has 0 saturated heterocycles. The second kappa shape index (κ2) is 9.24. The lowest BCUT2D eigenvalue weighted by molar-refractivity contribution is -0.139. The topological polar surface area (TPSA) is 37.4 Å². The summed E-state index contributed by atoms with van der Waals surface area (Å²) >= 11 is 11.3. The van der Waals surface area contributed by atoms with E-state index < -0.39 is 39.8 Å². The Balaban J connectivity index is 1.52. The number of fused-ring (bicyclic) bond motifs is 1. The number of amides is 2. The average Bonchev–Trinajstić information content (AvgIpc) is 3.03. The molecule has 0 fully saturated rings. The fraction of sp³-hybridized carbons (Fsp3) is 0.120. The van der Waals surface area contributed by atoms with Crippen LogP contribution < -0.4 is 0 Å². The second-order valence-electron chi connectivity index (χ2n) is 7.66. The first-order chi connectivity index (χ1) is 16.1. The molecule has 0 spiro atoms. The molecule has 0 N–H and O–H groups in total. The van der Waals surface area contributed by atoms with E-state index in [1.165, 1.54) is 6.08 Å². The Kier molecular flexibility index (Phi) is 6.51. The molecule has 3 aromatic carbocycles. The highest BCUT2D eigenvalue weighted by Gasteiger charge is 2.39. The summed E-state index contributed by atoms with van der Waals surface area (Å²) in [6.07, 6.45) is -2.46. The van der Waals surface area contributed by atoms with E-state index in [1.807, 2.05) is 0 Å². The van der Waals surface area contributed by atoms with Gasteiger partial charge < -0.3 is 0 Å². The lowest BCUT2D eigenvalue weighted by atomic mass is 9.97. The number of hydrogen-bond donors (Lipinski definition) is 0. The Bertz CT molecular complexity index is 1250. The summed E-state index contributed by atoms with van der Waals surface area (Å²) in [6.45, 7) is 0.0358. The maximum absolute atomic E-state index is 13.6. The molecule has 0 bridgehead atoms. The van der Waals surface area contributed by atoms with Crippen LogP contribution >= 0.6 is 23.2 Å². The zero-order chi connectivity index (χ0) is 24.6. The van der Waals surface area contributed by atoms with Crippen molar-refractivity contribution in [3.63, 3.8) is 0 Å². The number of carbonyl (C=O) groups is 2. The van der Waals surface area contributed by atoms with Gasteiger partial charge in [-0.3, -0.25) is 14.5 Å². The highest BCUT2D eigenvalue weighted by molar-refractivity contribution is 6.35. The van der Waals surface area contributed by atoms with Crippen molar-refractivity contribution in [2.45, 2.75) is 18.6 Å². The van der Waals surface area contributed by atoms with E-state index in [0.717, 1.165) is 23.1 Å². The first-order valence-corrected chi connectivity index (χ1v) is 10.8. The standard InChI is InChI=1S/C25H15Cl2F4NO2/c26-20-11-16(12-21(27)22(20)28)19(25(29,30)31)10-9-14-5-7-15(8-6-14)13-32-23(33)17-3-1-2-4-18(17)24(32)34/h1-12,19H,13H2. The number of benzene rings is 3. The normalized spacial score (nSPS) is 14.7. The summed E-state index contributed by atoms with van der Waals surface area (Å²) in [4.78, 5) is 26.1. The van der Waals surface area contributed by atoms with Gasteiger partial charge in [-0.05, 0) is 41.0 Å². The van der Waals surface area contributed by atoms with Crippen LogP contribution in [0.25, 0.3) is 6.08 Å². The van der Waals surface area contributed by atoms with Gasteiger partial charge in [0.25, 0.3) is 11.8 Å². The molecule has 3 nitrogen and oxygen atoms in total. The molecule has 2 amide bonds. The number of rotatable bonds is 5. The molecule has 34 heavy (non-hydrogen) atoms. The molecule has 1 unspecified atom stereocenters. The van der Waals surface area contributed by atoms with Gasteiger partial charge in [0, 0.05) is 0 Å². The predicted molar refractivity (Wildman–Crippen MR) is 121 cm³/mol. The molecule has 3 aromatic rings. The minimum atomic E-state index is -4.66. The SMILES string of the molecule is O=C1c2ccccc2C(=O)N1Cc1ccc(C=CC(c2cc(Cl)c(F)c(Cl)c2)C(F)(F)F)cc1. The molecule has 0 saturated carbocycles. The zero-order valence-corrected chi connectivity index (χ0v) is 18.8. The van der Waals surface area contributed by atoms with Crippen molar-refractivity contribution in [3.05, 3.63) is 110 Å². The van der Waals surface area contributed by atoms with Crippen molar-refractivity contribution in [2.24, 2.45) is 0 Å². The monoisotopic (exact) mass is 507 g/mol. The van der Waals surface area contributed by atoms with Crippen LogP contribution in [0.2, 0.25) is 10.0 Å². The van der Waals surface area contributed by atoms with Gasteiger partial charge in [0.15, 0.2) is 5.82 Å². The molecule has 1 aliphatic heterocycles. The number of nitrogens with zero attached hydrogens (tertiary/aromatic N) is 1. The van der Waals surface area contributed by atoms with E-state index in [-0.39, 0.29) is 12.1 Å². The minimum Gasteiger partial charge on any atom is -0.270 e. The van der Waals surface area contributed by atoms with Crippen LogP contribution in [0.1, 0.15) is 43.3 Å². The number of hydrogen-bond acceptors (Lipinski definition) is 2. The lowest BCUT2D eigenvalue weighted by Crippen LogP contribution is -2.29. The van der Waals surface area contributed by atoms with Gasteiger partial charge in [0.05, 0.1) is 33.6 Å². The van der Waals surface area contributed by atoms with Crippen LogP contribution in [0, 0.1) is 5.82 Å². The summed E-state index contributed by atoms with van der Waals surface area (Å²) in [7, 11) is 0. The molecule has 0 radical (unpaired) electrons. The quantitative estimate of drug-likeness (QED) is 0.206. The first kappa shape index (κ1) is 24.0. The molecule has 1 heterocycles. The van der Waals surface area contributed by atoms with E-state index in [2.05, 4.69) is 0 Å². The lowest BCUT2D eigenvalue weighted by Gasteiger charge is -2.18. The highest BCUT2D eigenvalue weighted by atomic mass is 35.5. The molecular weight excluding hydrogens is 493 g/mol. The van der Waals surface area contributed by atoms with Gasteiger partial charge in [-0.1, -0.05) is 71.8 Å². The van der Waals surface area contributed by atoms with E-state index in [4.69, 9.17) is 23.2 Å². The summed E-state index contributed by atoms with van der Waals surface area (Å²) in [6, 6.07) is 14.7. The predicted octanol–water partition coefficient (Wildman–Crippen LogP) is 7.29. The molecule has 0 aromatic heterocycles. The molecule has 1 aliphatic rings. The smallest absolute Gasteiger partial charge is 0.270 e. The van der Waals surface area contributed by atoms with Crippen LogP contribution in [0.5, 0.6) is 0 Å². The maximum atomic E-state index is 13.6. The van der Waals surface area contributed by atoms with Crippen molar-refractivity contribution in [2.75, 3.05) is 0 Å². The van der Waals surface area contributed by atoms with Gasteiger partial charge >= 0.3 is 6.18 Å². The Hall–Kier alpha value is -3.16. The number of halogens is 6. The summed E-state index contributed by atoms with van der Waals surface area (Å²) in [5.41, 5.74) is 1.48. The van der Waals surface area contributed by atoms with E-state index in [9.17, 15) is 27.2 Å².